The summed E-state index contributed by atoms with van der Waals surface area (Å²) < 4.78 is 34.6. The van der Waals surface area contributed by atoms with Gasteiger partial charge in [-0.2, -0.15) is 8.42 Å². The molecule has 1 aromatic heterocycles. The molecule has 0 amide bonds. The molecule has 0 aliphatic carbocycles. The molecule has 3 aromatic rings. The zero-order chi connectivity index (χ0) is 18.2. The first-order chi connectivity index (χ1) is 11.8. The maximum atomic E-state index is 12.4. The van der Waals surface area contributed by atoms with Gasteiger partial charge in [0.05, 0.1) is 23.2 Å². The molecule has 25 heavy (non-hydrogen) atoms. The van der Waals surface area contributed by atoms with E-state index in [1.54, 1.807) is 19.1 Å². The minimum atomic E-state index is -4.10. The number of carbonyl (C=O) groups excluding carboxylic acids is 1. The van der Waals surface area contributed by atoms with E-state index in [1.807, 2.05) is 0 Å². The number of nitrogens with zero attached hydrogens (tertiary/aromatic N) is 1. The number of esters is 1. The number of nitrogens with one attached hydrogen (secondary N) is 1. The molecular weight excluding hydrogens is 368 g/mol. The van der Waals surface area contributed by atoms with Crippen molar-refractivity contribution in [1.29, 1.82) is 0 Å². The molecule has 0 fully saturated rings. The molecule has 0 aliphatic rings. The van der Waals surface area contributed by atoms with E-state index < -0.39 is 16.1 Å². The van der Waals surface area contributed by atoms with Crippen LogP contribution in [-0.4, -0.2) is 31.5 Å². The quantitative estimate of drug-likeness (QED) is 0.551. The molecule has 7 nitrogen and oxygen atoms in total. The fraction of sp³-hybridized carbons (Fsp3) is 0.125. The van der Waals surface area contributed by atoms with Gasteiger partial charge >= 0.3 is 16.1 Å². The van der Waals surface area contributed by atoms with Crippen LogP contribution in [0.3, 0.4) is 0 Å². The van der Waals surface area contributed by atoms with Crippen molar-refractivity contribution in [2.24, 2.45) is 0 Å². The second-order valence-electron chi connectivity index (χ2n) is 5.23. The molecule has 130 valence electrons. The Bertz CT molecular complexity index is 1080. The number of methoxy groups -OCH3 is 1. The Kier molecular flexibility index (Phi) is 4.40. The van der Waals surface area contributed by atoms with Crippen molar-refractivity contribution in [3.63, 3.8) is 0 Å². The molecule has 0 bridgehead atoms. The summed E-state index contributed by atoms with van der Waals surface area (Å²) in [5.74, 6) is -0.555. The molecule has 2 aromatic carbocycles. The highest BCUT2D eigenvalue weighted by Crippen LogP contribution is 2.27. The number of hydrogen-bond acceptors (Lipinski definition) is 6. The molecular formula is C16H13ClN2O5S. The number of aromatic nitrogens is 2. The largest absolute Gasteiger partial charge is 0.463 e. The molecule has 0 atom stereocenters. The monoisotopic (exact) mass is 380 g/mol. The molecule has 3 rings (SSSR count). The number of rotatable bonds is 4. The topological polar surface area (TPSA) is 98.3 Å². The molecule has 0 saturated heterocycles. The Labute approximate surface area is 148 Å². The van der Waals surface area contributed by atoms with Crippen molar-refractivity contribution < 1.29 is 22.1 Å². The number of benzene rings is 2. The number of hydrogen-bond donors (Lipinski definition) is 1. The minimum Gasteiger partial charge on any atom is -0.463 e. The van der Waals surface area contributed by atoms with Crippen molar-refractivity contribution in [1.82, 2.24) is 9.97 Å². The number of halogens is 1. The number of aryl methyl sites for hydroxylation is 1. The SMILES string of the molecule is COC(=O)c1nc2ccc(OS(=O)(=O)c3ccc(C)cc3Cl)cc2[nH]1. The van der Waals surface area contributed by atoms with E-state index in [2.05, 4.69) is 14.7 Å². The van der Waals surface area contributed by atoms with Crippen LogP contribution >= 0.6 is 11.6 Å². The maximum absolute atomic E-state index is 12.4. The van der Waals surface area contributed by atoms with Crippen LogP contribution in [0.4, 0.5) is 0 Å². The standard InChI is InChI=1S/C16H13ClN2O5S/c1-9-3-6-14(11(17)7-9)25(21,22)24-10-4-5-12-13(8-10)19-15(18-12)16(20)23-2/h3-8H,1-2H3,(H,18,19). The van der Waals surface area contributed by atoms with Crippen molar-refractivity contribution in [2.75, 3.05) is 7.11 Å². The van der Waals surface area contributed by atoms with Gasteiger partial charge in [-0.25, -0.2) is 9.78 Å². The smallest absolute Gasteiger partial charge is 0.374 e. The summed E-state index contributed by atoms with van der Waals surface area (Å²) >= 11 is 6.00. The number of imidazole rings is 1. The first kappa shape index (κ1) is 17.2. The van der Waals surface area contributed by atoms with E-state index in [4.69, 9.17) is 15.8 Å². The third-order valence-electron chi connectivity index (χ3n) is 3.39. The van der Waals surface area contributed by atoms with Gasteiger partial charge < -0.3 is 13.9 Å². The summed E-state index contributed by atoms with van der Waals surface area (Å²) in [5.41, 5.74) is 1.74. The van der Waals surface area contributed by atoms with Crippen LogP contribution in [0.1, 0.15) is 16.2 Å². The first-order valence-electron chi connectivity index (χ1n) is 7.09. The van der Waals surface area contributed by atoms with E-state index in [9.17, 15) is 13.2 Å². The van der Waals surface area contributed by atoms with E-state index in [-0.39, 0.29) is 21.5 Å². The van der Waals surface area contributed by atoms with Gasteiger partial charge in [-0.1, -0.05) is 17.7 Å². The maximum Gasteiger partial charge on any atom is 0.374 e. The number of carbonyl (C=O) groups is 1. The number of ether oxygens (including phenoxy) is 1. The van der Waals surface area contributed by atoms with Crippen molar-refractivity contribution >= 4 is 38.7 Å². The van der Waals surface area contributed by atoms with Crippen molar-refractivity contribution in [3.05, 3.63) is 52.8 Å². The lowest BCUT2D eigenvalue weighted by Gasteiger charge is -2.09. The van der Waals surface area contributed by atoms with Gasteiger partial charge in [0.15, 0.2) is 0 Å². The Balaban J connectivity index is 1.95. The van der Waals surface area contributed by atoms with E-state index >= 15 is 0 Å². The Morgan fingerprint density at radius 1 is 1.20 bits per heavy atom. The fourth-order valence-corrected chi connectivity index (χ4v) is 3.71. The summed E-state index contributed by atoms with van der Waals surface area (Å²) in [6.07, 6.45) is 0. The van der Waals surface area contributed by atoms with E-state index in [1.165, 1.54) is 31.4 Å². The highest BCUT2D eigenvalue weighted by atomic mass is 35.5. The normalized spacial score (nSPS) is 11.5. The second kappa shape index (κ2) is 6.38. The van der Waals surface area contributed by atoms with Gasteiger partial charge in [-0.05, 0) is 36.8 Å². The predicted octanol–water partition coefficient (Wildman–Crippen LogP) is 3.08. The van der Waals surface area contributed by atoms with Crippen LogP contribution in [0.2, 0.25) is 5.02 Å². The molecule has 0 radical (unpaired) electrons. The lowest BCUT2D eigenvalue weighted by atomic mass is 10.2. The molecule has 0 spiro atoms. The van der Waals surface area contributed by atoms with Gasteiger partial charge in [0.1, 0.15) is 10.6 Å². The average molecular weight is 381 g/mol. The number of H-pyrrole nitrogens is 1. The first-order valence-corrected chi connectivity index (χ1v) is 8.87. The Hall–Kier alpha value is -2.58. The Morgan fingerprint density at radius 2 is 1.96 bits per heavy atom. The van der Waals surface area contributed by atoms with Crippen molar-refractivity contribution in [2.45, 2.75) is 11.8 Å². The fourth-order valence-electron chi connectivity index (χ4n) is 2.21. The van der Waals surface area contributed by atoms with Crippen LogP contribution in [-0.2, 0) is 14.9 Å². The molecule has 0 unspecified atom stereocenters. The summed E-state index contributed by atoms with van der Waals surface area (Å²) in [5, 5.41) is 0.0793. The zero-order valence-electron chi connectivity index (χ0n) is 13.2. The molecule has 9 heteroatoms. The third kappa shape index (κ3) is 3.45. The van der Waals surface area contributed by atoms with Crippen molar-refractivity contribution in [3.8, 4) is 5.75 Å². The number of aromatic amines is 1. The summed E-state index contributed by atoms with van der Waals surface area (Å²) in [4.78, 5) is 18.2. The van der Waals surface area contributed by atoms with E-state index in [0.717, 1.165) is 5.56 Å². The second-order valence-corrected chi connectivity index (χ2v) is 7.15. The number of fused-ring (bicyclic) bond motifs is 1. The van der Waals surface area contributed by atoms with Crippen LogP contribution < -0.4 is 4.18 Å². The summed E-state index contributed by atoms with van der Waals surface area (Å²) in [7, 11) is -2.86. The minimum absolute atomic E-state index is 0.0130. The van der Waals surface area contributed by atoms with Gasteiger partial charge in [-0.15, -0.1) is 0 Å². The third-order valence-corrected chi connectivity index (χ3v) is 5.13. The van der Waals surface area contributed by atoms with E-state index in [0.29, 0.717) is 11.0 Å². The molecule has 0 aliphatic heterocycles. The molecule has 1 N–H and O–H groups in total. The van der Waals surface area contributed by atoms with Gasteiger partial charge in [-0.3, -0.25) is 0 Å². The van der Waals surface area contributed by atoms with Gasteiger partial charge in [0, 0.05) is 6.07 Å². The highest BCUT2D eigenvalue weighted by molar-refractivity contribution is 7.87. The van der Waals surface area contributed by atoms with Crippen LogP contribution in [0.15, 0.2) is 41.3 Å². The van der Waals surface area contributed by atoms with Gasteiger partial charge in [0.25, 0.3) is 0 Å². The summed E-state index contributed by atoms with van der Waals surface area (Å²) in [6.45, 7) is 1.80. The van der Waals surface area contributed by atoms with Crippen LogP contribution in [0.5, 0.6) is 5.75 Å². The summed E-state index contributed by atoms with van der Waals surface area (Å²) in [6, 6.07) is 8.94. The van der Waals surface area contributed by atoms with Crippen LogP contribution in [0.25, 0.3) is 11.0 Å². The predicted molar refractivity (Wildman–Crippen MR) is 91.4 cm³/mol. The average Bonchev–Trinajstić information content (AvgIpc) is 2.96. The Morgan fingerprint density at radius 3 is 2.64 bits per heavy atom. The lowest BCUT2D eigenvalue weighted by Crippen LogP contribution is -2.10. The lowest BCUT2D eigenvalue weighted by molar-refractivity contribution is 0.0588. The highest BCUT2D eigenvalue weighted by Gasteiger charge is 2.21. The molecule has 1 heterocycles. The van der Waals surface area contributed by atoms with Crippen LogP contribution in [0, 0.1) is 6.92 Å². The molecule has 0 saturated carbocycles. The van der Waals surface area contributed by atoms with Gasteiger partial charge in [0.2, 0.25) is 5.82 Å². The zero-order valence-corrected chi connectivity index (χ0v) is 14.8.